The van der Waals surface area contributed by atoms with E-state index < -0.39 is 23.7 Å². The van der Waals surface area contributed by atoms with Crippen LogP contribution in [0.1, 0.15) is 22.8 Å². The van der Waals surface area contributed by atoms with Crippen LogP contribution < -0.4 is 15.8 Å². The summed E-state index contributed by atoms with van der Waals surface area (Å²) in [4.78, 5) is 23.0. The average molecular weight is 316 g/mol. The number of primary amides is 1. The molecule has 0 aliphatic rings. The number of nitrogens with two attached hydrogens (primary N) is 1. The van der Waals surface area contributed by atoms with Crippen molar-refractivity contribution in [2.75, 3.05) is 5.32 Å². The number of rotatable bonds is 5. The van der Waals surface area contributed by atoms with Crippen molar-refractivity contribution in [3.8, 4) is 5.75 Å². The number of aryl methyl sites for hydroxylation is 1. The van der Waals surface area contributed by atoms with Crippen LogP contribution in [0.15, 0.2) is 42.5 Å². The monoisotopic (exact) mass is 316 g/mol. The number of amides is 2. The van der Waals surface area contributed by atoms with Crippen LogP contribution in [0.25, 0.3) is 0 Å². The summed E-state index contributed by atoms with van der Waals surface area (Å²) in [5, 5.41) is 2.47. The van der Waals surface area contributed by atoms with Crippen molar-refractivity contribution in [3.05, 3.63) is 59.4 Å². The van der Waals surface area contributed by atoms with Gasteiger partial charge in [0.2, 0.25) is 5.91 Å². The molecule has 2 aromatic rings. The van der Waals surface area contributed by atoms with Crippen LogP contribution in [-0.4, -0.2) is 17.9 Å². The molecule has 0 bridgehead atoms. The van der Waals surface area contributed by atoms with Gasteiger partial charge in [-0.2, -0.15) is 0 Å². The summed E-state index contributed by atoms with van der Waals surface area (Å²) >= 11 is 0. The molecule has 0 aliphatic carbocycles. The van der Waals surface area contributed by atoms with Gasteiger partial charge in [0.1, 0.15) is 11.6 Å². The first-order chi connectivity index (χ1) is 10.9. The highest BCUT2D eigenvalue weighted by molar-refractivity contribution is 5.94. The minimum absolute atomic E-state index is 0.0973. The number of hydrogen-bond donors (Lipinski definition) is 2. The molecule has 0 aromatic heterocycles. The Morgan fingerprint density at radius 1 is 1.17 bits per heavy atom. The highest BCUT2D eigenvalue weighted by atomic mass is 19.1. The quantitative estimate of drug-likeness (QED) is 0.889. The van der Waals surface area contributed by atoms with Crippen LogP contribution in [-0.2, 0) is 4.79 Å². The van der Waals surface area contributed by atoms with E-state index in [2.05, 4.69) is 5.32 Å². The molecule has 6 heteroatoms. The molecule has 23 heavy (non-hydrogen) atoms. The Labute approximate surface area is 133 Å². The van der Waals surface area contributed by atoms with E-state index in [1.807, 2.05) is 0 Å². The van der Waals surface area contributed by atoms with E-state index in [0.29, 0.717) is 11.3 Å². The molecule has 0 aliphatic heterocycles. The highest BCUT2D eigenvalue weighted by Crippen LogP contribution is 2.17. The highest BCUT2D eigenvalue weighted by Gasteiger charge is 2.16. The van der Waals surface area contributed by atoms with Gasteiger partial charge in [-0.15, -0.1) is 0 Å². The lowest BCUT2D eigenvalue weighted by molar-refractivity contribution is -0.122. The fourth-order valence-corrected chi connectivity index (χ4v) is 1.91. The smallest absolute Gasteiger partial charge is 0.265 e. The van der Waals surface area contributed by atoms with E-state index in [9.17, 15) is 14.0 Å². The number of carbonyl (C=O) groups is 2. The predicted octanol–water partition coefficient (Wildman–Crippen LogP) is 2.64. The van der Waals surface area contributed by atoms with E-state index >= 15 is 0 Å². The molecule has 0 radical (unpaired) electrons. The second-order valence-electron chi connectivity index (χ2n) is 5.12. The van der Waals surface area contributed by atoms with Gasteiger partial charge in [0.25, 0.3) is 5.91 Å². The van der Waals surface area contributed by atoms with Crippen LogP contribution in [0.5, 0.6) is 5.75 Å². The maximum atomic E-state index is 13.7. The number of carbonyl (C=O) groups excluding carboxylic acids is 2. The molecule has 1 atom stereocenters. The van der Waals surface area contributed by atoms with Crippen LogP contribution in [0.2, 0.25) is 0 Å². The van der Waals surface area contributed by atoms with E-state index in [1.54, 1.807) is 19.9 Å². The first-order valence-corrected chi connectivity index (χ1v) is 7.00. The molecule has 1 unspecified atom stereocenters. The Hall–Kier alpha value is -2.89. The van der Waals surface area contributed by atoms with Crippen molar-refractivity contribution in [1.82, 2.24) is 0 Å². The summed E-state index contributed by atoms with van der Waals surface area (Å²) in [6.07, 6.45) is -0.838. The lowest BCUT2D eigenvalue weighted by Gasteiger charge is -2.15. The molecule has 0 fully saturated rings. The summed E-state index contributed by atoms with van der Waals surface area (Å²) in [7, 11) is 0. The van der Waals surface area contributed by atoms with Gasteiger partial charge < -0.3 is 15.8 Å². The Morgan fingerprint density at radius 2 is 1.83 bits per heavy atom. The predicted molar refractivity (Wildman–Crippen MR) is 84.8 cm³/mol. The normalized spacial score (nSPS) is 11.6. The third kappa shape index (κ3) is 4.29. The van der Waals surface area contributed by atoms with Crippen molar-refractivity contribution < 1.29 is 18.7 Å². The summed E-state index contributed by atoms with van der Waals surface area (Å²) < 4.78 is 19.2. The molecule has 0 saturated heterocycles. The Balaban J connectivity index is 2.00. The summed E-state index contributed by atoms with van der Waals surface area (Å²) in [6, 6.07) is 10.6. The maximum absolute atomic E-state index is 13.7. The van der Waals surface area contributed by atoms with Gasteiger partial charge in [-0.05, 0) is 55.8 Å². The summed E-state index contributed by atoms with van der Waals surface area (Å²) in [6.45, 7) is 3.31. The van der Waals surface area contributed by atoms with Crippen LogP contribution >= 0.6 is 0 Å². The van der Waals surface area contributed by atoms with Crippen LogP contribution in [0.3, 0.4) is 0 Å². The summed E-state index contributed by atoms with van der Waals surface area (Å²) in [5.74, 6) is -1.12. The number of ether oxygens (including phenoxy) is 1. The average Bonchev–Trinajstić information content (AvgIpc) is 2.50. The minimum atomic E-state index is -0.838. The fraction of sp³-hybridized carbons (Fsp3) is 0.176. The van der Waals surface area contributed by atoms with Crippen molar-refractivity contribution in [2.24, 2.45) is 5.73 Å². The Morgan fingerprint density at radius 3 is 2.39 bits per heavy atom. The number of anilines is 1. The van der Waals surface area contributed by atoms with Gasteiger partial charge in [-0.3, -0.25) is 9.59 Å². The molecule has 0 heterocycles. The minimum Gasteiger partial charge on any atom is -0.481 e. The first-order valence-electron chi connectivity index (χ1n) is 7.00. The number of hydrogen-bond acceptors (Lipinski definition) is 3. The lowest BCUT2D eigenvalue weighted by atomic mass is 10.2. The zero-order valence-electron chi connectivity index (χ0n) is 12.8. The van der Waals surface area contributed by atoms with Gasteiger partial charge in [-0.1, -0.05) is 6.07 Å². The summed E-state index contributed by atoms with van der Waals surface area (Å²) in [5.41, 5.74) is 6.35. The fourth-order valence-electron chi connectivity index (χ4n) is 1.91. The number of benzene rings is 2. The molecule has 2 rings (SSSR count). The van der Waals surface area contributed by atoms with E-state index in [-0.39, 0.29) is 5.69 Å². The van der Waals surface area contributed by atoms with Crippen molar-refractivity contribution in [2.45, 2.75) is 20.0 Å². The Bertz CT molecular complexity index is 729. The molecule has 2 aromatic carbocycles. The van der Waals surface area contributed by atoms with Crippen molar-refractivity contribution >= 4 is 17.5 Å². The molecule has 120 valence electrons. The van der Waals surface area contributed by atoms with Gasteiger partial charge >= 0.3 is 0 Å². The van der Waals surface area contributed by atoms with Gasteiger partial charge in [-0.25, -0.2) is 4.39 Å². The molecular formula is C17H17FN2O3. The SMILES string of the molecule is Cc1ccc(NC(=O)C(C)Oc2ccc(C(N)=O)cc2)c(F)c1. The zero-order chi connectivity index (χ0) is 17.0. The topological polar surface area (TPSA) is 81.4 Å². The molecule has 2 amide bonds. The van der Waals surface area contributed by atoms with Crippen molar-refractivity contribution in [3.63, 3.8) is 0 Å². The van der Waals surface area contributed by atoms with E-state index in [1.165, 1.54) is 36.4 Å². The largest absolute Gasteiger partial charge is 0.481 e. The Kier molecular flexibility index (Phi) is 4.95. The third-order valence-corrected chi connectivity index (χ3v) is 3.20. The molecule has 3 N–H and O–H groups in total. The molecule has 5 nitrogen and oxygen atoms in total. The second kappa shape index (κ2) is 6.91. The van der Waals surface area contributed by atoms with Gasteiger partial charge in [0.05, 0.1) is 5.69 Å². The molecule has 0 spiro atoms. The zero-order valence-corrected chi connectivity index (χ0v) is 12.8. The van der Waals surface area contributed by atoms with Gasteiger partial charge in [0, 0.05) is 5.56 Å². The lowest BCUT2D eigenvalue weighted by Crippen LogP contribution is -2.30. The van der Waals surface area contributed by atoms with E-state index in [0.717, 1.165) is 5.56 Å². The van der Waals surface area contributed by atoms with Gasteiger partial charge in [0.15, 0.2) is 6.10 Å². The van der Waals surface area contributed by atoms with E-state index in [4.69, 9.17) is 10.5 Å². The maximum Gasteiger partial charge on any atom is 0.265 e. The molecule has 0 saturated carbocycles. The van der Waals surface area contributed by atoms with Crippen LogP contribution in [0, 0.1) is 12.7 Å². The number of nitrogens with one attached hydrogen (secondary N) is 1. The second-order valence-corrected chi connectivity index (χ2v) is 5.12. The first kappa shape index (κ1) is 16.5. The molecular weight excluding hydrogens is 299 g/mol. The third-order valence-electron chi connectivity index (χ3n) is 3.20. The van der Waals surface area contributed by atoms with Crippen LogP contribution in [0.4, 0.5) is 10.1 Å². The number of halogens is 1. The van der Waals surface area contributed by atoms with Crippen molar-refractivity contribution in [1.29, 1.82) is 0 Å². The standard InChI is InChI=1S/C17H17FN2O3/c1-10-3-8-15(14(18)9-10)20-17(22)11(2)23-13-6-4-12(5-7-13)16(19)21/h3-9,11H,1-2H3,(H2,19,21)(H,20,22).